The largest absolute Gasteiger partial charge is 0.316 e. The summed E-state index contributed by atoms with van der Waals surface area (Å²) in [5, 5.41) is 3.44. The van der Waals surface area contributed by atoms with Crippen molar-refractivity contribution in [1.29, 1.82) is 0 Å². The maximum atomic E-state index is 3.44. The van der Waals surface area contributed by atoms with E-state index in [1.54, 1.807) is 0 Å². The fraction of sp³-hybridized carbons (Fsp3) is 1.00. The van der Waals surface area contributed by atoms with Gasteiger partial charge < -0.3 is 10.2 Å². The molecule has 0 radical (unpaired) electrons. The molecular formula is C11H24N2. The highest BCUT2D eigenvalue weighted by atomic mass is 15.1. The van der Waals surface area contributed by atoms with Gasteiger partial charge in [0.15, 0.2) is 0 Å². The minimum Gasteiger partial charge on any atom is -0.316 e. The zero-order valence-electron chi connectivity index (χ0n) is 9.18. The quantitative estimate of drug-likeness (QED) is 0.676. The van der Waals surface area contributed by atoms with E-state index in [0.29, 0.717) is 0 Å². The number of nitrogens with one attached hydrogen (secondary N) is 1. The Kier molecular flexibility index (Phi) is 5.40. The van der Waals surface area contributed by atoms with Crippen molar-refractivity contribution in [2.24, 2.45) is 5.92 Å². The second-order valence-corrected chi connectivity index (χ2v) is 4.16. The summed E-state index contributed by atoms with van der Waals surface area (Å²) in [6, 6.07) is 0. The molecule has 1 N–H and O–H groups in total. The van der Waals surface area contributed by atoms with Gasteiger partial charge >= 0.3 is 0 Å². The van der Waals surface area contributed by atoms with E-state index < -0.39 is 0 Å². The predicted octanol–water partition coefficient (Wildman–Crippen LogP) is 1.72. The van der Waals surface area contributed by atoms with E-state index in [-0.39, 0.29) is 0 Å². The monoisotopic (exact) mass is 184 g/mol. The summed E-state index contributed by atoms with van der Waals surface area (Å²) in [5.74, 6) is 0.915. The lowest BCUT2D eigenvalue weighted by molar-refractivity contribution is 0.238. The minimum absolute atomic E-state index is 0.915. The van der Waals surface area contributed by atoms with Gasteiger partial charge in [-0.1, -0.05) is 13.8 Å². The maximum absolute atomic E-state index is 3.44. The van der Waals surface area contributed by atoms with E-state index in [1.807, 2.05) is 0 Å². The molecule has 1 rings (SSSR count). The number of nitrogens with zero attached hydrogens (tertiary/aromatic N) is 1. The van der Waals surface area contributed by atoms with E-state index in [4.69, 9.17) is 0 Å². The highest BCUT2D eigenvalue weighted by molar-refractivity contribution is 4.74. The Hall–Kier alpha value is -0.0800. The van der Waals surface area contributed by atoms with Crippen molar-refractivity contribution in [3.8, 4) is 0 Å². The molecular weight excluding hydrogens is 160 g/mol. The molecule has 2 nitrogen and oxygen atoms in total. The Morgan fingerprint density at radius 2 is 1.92 bits per heavy atom. The van der Waals surface area contributed by atoms with Gasteiger partial charge in [-0.15, -0.1) is 0 Å². The van der Waals surface area contributed by atoms with Crippen molar-refractivity contribution < 1.29 is 0 Å². The van der Waals surface area contributed by atoms with E-state index in [2.05, 4.69) is 24.1 Å². The van der Waals surface area contributed by atoms with Gasteiger partial charge in [0, 0.05) is 6.54 Å². The minimum atomic E-state index is 0.915. The van der Waals surface area contributed by atoms with Gasteiger partial charge in [0.05, 0.1) is 0 Å². The van der Waals surface area contributed by atoms with Crippen LogP contribution >= 0.6 is 0 Å². The third kappa shape index (κ3) is 4.10. The first kappa shape index (κ1) is 11.0. The van der Waals surface area contributed by atoms with Crippen LogP contribution < -0.4 is 5.32 Å². The van der Waals surface area contributed by atoms with Crippen molar-refractivity contribution >= 4 is 0 Å². The van der Waals surface area contributed by atoms with Crippen LogP contribution in [-0.4, -0.2) is 37.6 Å². The van der Waals surface area contributed by atoms with E-state index in [1.165, 1.54) is 52.0 Å². The average Bonchev–Trinajstić information content (AvgIpc) is 2.58. The molecule has 0 amide bonds. The van der Waals surface area contributed by atoms with Gasteiger partial charge in [-0.3, -0.25) is 0 Å². The molecule has 78 valence electrons. The highest BCUT2D eigenvalue weighted by Crippen LogP contribution is 2.10. The van der Waals surface area contributed by atoms with Crippen molar-refractivity contribution in [3.63, 3.8) is 0 Å². The molecule has 0 aromatic rings. The van der Waals surface area contributed by atoms with Crippen LogP contribution in [0.15, 0.2) is 0 Å². The normalized spacial score (nSPS) is 22.8. The lowest BCUT2D eigenvalue weighted by Gasteiger charge is -2.23. The lowest BCUT2D eigenvalue weighted by Crippen LogP contribution is -2.31. The molecule has 1 fully saturated rings. The Balaban J connectivity index is 2.19. The summed E-state index contributed by atoms with van der Waals surface area (Å²) < 4.78 is 0. The SMILES string of the molecule is CCCN(CCC)CC1CCNC1. The predicted molar refractivity (Wildman–Crippen MR) is 58.0 cm³/mol. The third-order valence-corrected chi connectivity index (χ3v) is 2.76. The molecule has 0 spiro atoms. The zero-order valence-corrected chi connectivity index (χ0v) is 9.18. The Bertz CT molecular complexity index is 113. The second-order valence-electron chi connectivity index (χ2n) is 4.16. The Morgan fingerprint density at radius 3 is 2.38 bits per heavy atom. The molecule has 1 aliphatic heterocycles. The van der Waals surface area contributed by atoms with Gasteiger partial charge in [0.1, 0.15) is 0 Å². The van der Waals surface area contributed by atoms with Crippen LogP contribution in [0.3, 0.4) is 0 Å². The van der Waals surface area contributed by atoms with Crippen molar-refractivity contribution in [2.45, 2.75) is 33.1 Å². The first-order valence-corrected chi connectivity index (χ1v) is 5.79. The molecule has 0 saturated carbocycles. The number of rotatable bonds is 6. The molecule has 0 aromatic carbocycles. The molecule has 13 heavy (non-hydrogen) atoms. The summed E-state index contributed by atoms with van der Waals surface area (Å²) in [7, 11) is 0. The van der Waals surface area contributed by atoms with Crippen LogP contribution in [-0.2, 0) is 0 Å². The highest BCUT2D eigenvalue weighted by Gasteiger charge is 2.16. The fourth-order valence-electron chi connectivity index (χ4n) is 2.16. The Morgan fingerprint density at radius 1 is 1.23 bits per heavy atom. The van der Waals surface area contributed by atoms with Crippen LogP contribution in [0.4, 0.5) is 0 Å². The summed E-state index contributed by atoms with van der Waals surface area (Å²) in [6.07, 6.45) is 3.96. The zero-order chi connectivity index (χ0) is 9.52. The molecule has 0 aliphatic carbocycles. The number of hydrogen-bond acceptors (Lipinski definition) is 2. The summed E-state index contributed by atoms with van der Waals surface area (Å²) in [5.41, 5.74) is 0. The van der Waals surface area contributed by atoms with Crippen molar-refractivity contribution in [3.05, 3.63) is 0 Å². The summed E-state index contributed by atoms with van der Waals surface area (Å²) in [4.78, 5) is 2.62. The number of hydrogen-bond donors (Lipinski definition) is 1. The van der Waals surface area contributed by atoms with E-state index >= 15 is 0 Å². The first-order chi connectivity index (χ1) is 6.36. The van der Waals surface area contributed by atoms with Crippen LogP contribution in [0, 0.1) is 5.92 Å². The van der Waals surface area contributed by atoms with Crippen molar-refractivity contribution in [2.75, 3.05) is 32.7 Å². The van der Waals surface area contributed by atoms with Gasteiger partial charge in [0.25, 0.3) is 0 Å². The molecule has 1 unspecified atom stereocenters. The Labute approximate surface area is 82.7 Å². The third-order valence-electron chi connectivity index (χ3n) is 2.76. The van der Waals surface area contributed by atoms with Gasteiger partial charge in [-0.25, -0.2) is 0 Å². The molecule has 1 aliphatic rings. The maximum Gasteiger partial charge on any atom is 0.00223 e. The second kappa shape index (κ2) is 6.39. The van der Waals surface area contributed by atoms with E-state index in [9.17, 15) is 0 Å². The smallest absolute Gasteiger partial charge is 0.00223 e. The van der Waals surface area contributed by atoms with Gasteiger partial charge in [0.2, 0.25) is 0 Å². The standard InChI is InChI=1S/C11H24N2/c1-3-7-13(8-4-2)10-11-5-6-12-9-11/h11-12H,3-10H2,1-2H3. The molecule has 1 heterocycles. The van der Waals surface area contributed by atoms with Gasteiger partial charge in [-0.05, 0) is 51.4 Å². The van der Waals surface area contributed by atoms with E-state index in [0.717, 1.165) is 5.92 Å². The van der Waals surface area contributed by atoms with Crippen LogP contribution in [0.5, 0.6) is 0 Å². The van der Waals surface area contributed by atoms with Crippen LogP contribution in [0.2, 0.25) is 0 Å². The van der Waals surface area contributed by atoms with Crippen molar-refractivity contribution in [1.82, 2.24) is 10.2 Å². The van der Waals surface area contributed by atoms with Crippen LogP contribution in [0.1, 0.15) is 33.1 Å². The first-order valence-electron chi connectivity index (χ1n) is 5.79. The molecule has 1 atom stereocenters. The molecule has 0 bridgehead atoms. The molecule has 1 saturated heterocycles. The molecule has 0 aromatic heterocycles. The summed E-state index contributed by atoms with van der Waals surface area (Å²) in [6.45, 7) is 10.9. The fourth-order valence-corrected chi connectivity index (χ4v) is 2.16. The summed E-state index contributed by atoms with van der Waals surface area (Å²) >= 11 is 0. The molecule has 2 heteroatoms. The lowest BCUT2D eigenvalue weighted by atomic mass is 10.1. The average molecular weight is 184 g/mol. The van der Waals surface area contributed by atoms with Crippen LogP contribution in [0.25, 0.3) is 0 Å². The topological polar surface area (TPSA) is 15.3 Å². The van der Waals surface area contributed by atoms with Gasteiger partial charge in [-0.2, -0.15) is 0 Å².